The first-order valence-electron chi connectivity index (χ1n) is 5.07. The van der Waals surface area contributed by atoms with Crippen LogP contribution in [0.4, 0.5) is 5.69 Å². The van der Waals surface area contributed by atoms with Gasteiger partial charge in [0.15, 0.2) is 0 Å². The Morgan fingerprint density at radius 2 is 1.95 bits per heavy atom. The Morgan fingerprint density at radius 3 is 2.53 bits per heavy atom. The standard InChI is InChI=1S/C12H11NO6/c1-19-11(16)5-4-10(15)13-7-2-3-9(14)8(6-7)12(17)18/h2-6,14H,1H3,(H,13,15)(H,17,18). The molecule has 0 aliphatic carbocycles. The largest absolute Gasteiger partial charge is 0.507 e. The Kier molecular flexibility index (Phi) is 4.64. The Labute approximate surface area is 108 Å². The molecule has 19 heavy (non-hydrogen) atoms. The van der Waals surface area contributed by atoms with Crippen molar-refractivity contribution < 1.29 is 29.3 Å². The van der Waals surface area contributed by atoms with E-state index in [2.05, 4.69) is 10.1 Å². The van der Waals surface area contributed by atoms with E-state index in [1.54, 1.807) is 0 Å². The summed E-state index contributed by atoms with van der Waals surface area (Å²) in [6.45, 7) is 0. The lowest BCUT2D eigenvalue weighted by atomic mass is 10.2. The molecule has 1 amide bonds. The Balaban J connectivity index is 2.80. The number of methoxy groups -OCH3 is 1. The highest BCUT2D eigenvalue weighted by Gasteiger charge is 2.10. The molecule has 0 aromatic heterocycles. The highest BCUT2D eigenvalue weighted by atomic mass is 16.5. The smallest absolute Gasteiger partial charge is 0.339 e. The van der Waals surface area contributed by atoms with Crippen molar-refractivity contribution in [3.05, 3.63) is 35.9 Å². The lowest BCUT2D eigenvalue weighted by molar-refractivity contribution is -0.135. The summed E-state index contributed by atoms with van der Waals surface area (Å²) in [4.78, 5) is 32.9. The van der Waals surface area contributed by atoms with E-state index in [0.717, 1.165) is 24.3 Å². The number of carbonyl (C=O) groups is 3. The highest BCUT2D eigenvalue weighted by molar-refractivity contribution is 6.03. The van der Waals surface area contributed by atoms with Crippen LogP contribution in [0.15, 0.2) is 30.4 Å². The minimum absolute atomic E-state index is 0.176. The number of aromatic hydroxyl groups is 1. The van der Waals surface area contributed by atoms with Crippen molar-refractivity contribution in [3.8, 4) is 5.75 Å². The van der Waals surface area contributed by atoms with Crippen molar-refractivity contribution in [3.63, 3.8) is 0 Å². The van der Waals surface area contributed by atoms with Crippen LogP contribution in [0.2, 0.25) is 0 Å². The third kappa shape index (κ3) is 4.15. The third-order valence-corrected chi connectivity index (χ3v) is 2.07. The van der Waals surface area contributed by atoms with Gasteiger partial charge in [0.05, 0.1) is 7.11 Å². The predicted molar refractivity (Wildman–Crippen MR) is 64.9 cm³/mol. The number of carboxylic acid groups (broad SMARTS) is 1. The van der Waals surface area contributed by atoms with Crippen LogP contribution in [-0.2, 0) is 14.3 Å². The fourth-order valence-electron chi connectivity index (χ4n) is 1.18. The van der Waals surface area contributed by atoms with Gasteiger partial charge in [-0.15, -0.1) is 0 Å². The first-order chi connectivity index (χ1) is 8.93. The maximum Gasteiger partial charge on any atom is 0.339 e. The van der Waals surface area contributed by atoms with Gasteiger partial charge in [-0.25, -0.2) is 9.59 Å². The number of hydrogen-bond donors (Lipinski definition) is 3. The fraction of sp³-hybridized carbons (Fsp3) is 0.0833. The lowest BCUT2D eigenvalue weighted by Crippen LogP contribution is -2.10. The van der Waals surface area contributed by atoms with Crippen LogP contribution >= 0.6 is 0 Å². The highest BCUT2D eigenvalue weighted by Crippen LogP contribution is 2.21. The molecule has 1 aromatic carbocycles. The Hall–Kier alpha value is -2.83. The molecule has 0 aliphatic rings. The van der Waals surface area contributed by atoms with Gasteiger partial charge in [-0.3, -0.25) is 4.79 Å². The molecule has 0 radical (unpaired) electrons. The topological polar surface area (TPSA) is 113 Å². The maximum absolute atomic E-state index is 11.4. The quantitative estimate of drug-likeness (QED) is 0.421. The van der Waals surface area contributed by atoms with E-state index in [1.165, 1.54) is 13.2 Å². The van der Waals surface area contributed by atoms with Gasteiger partial charge in [-0.2, -0.15) is 0 Å². The summed E-state index contributed by atoms with van der Waals surface area (Å²) in [7, 11) is 1.17. The first kappa shape index (κ1) is 14.2. The number of ether oxygens (including phenoxy) is 1. The normalized spacial score (nSPS) is 10.2. The van der Waals surface area contributed by atoms with Gasteiger partial charge < -0.3 is 20.3 Å². The molecule has 7 nitrogen and oxygen atoms in total. The van der Waals surface area contributed by atoms with Gasteiger partial charge in [0, 0.05) is 17.8 Å². The van der Waals surface area contributed by atoms with Crippen LogP contribution in [0.1, 0.15) is 10.4 Å². The van der Waals surface area contributed by atoms with Crippen LogP contribution in [0.5, 0.6) is 5.75 Å². The van der Waals surface area contributed by atoms with Crippen molar-refractivity contribution in [1.82, 2.24) is 0 Å². The number of rotatable bonds is 4. The van der Waals surface area contributed by atoms with E-state index in [4.69, 9.17) is 5.11 Å². The molecule has 0 saturated carbocycles. The van der Waals surface area contributed by atoms with Crippen molar-refractivity contribution in [1.29, 1.82) is 0 Å². The molecule has 1 aromatic rings. The Morgan fingerprint density at radius 1 is 1.26 bits per heavy atom. The number of carbonyl (C=O) groups excluding carboxylic acids is 2. The summed E-state index contributed by atoms with van der Waals surface area (Å²) in [5.74, 6) is -3.05. The summed E-state index contributed by atoms with van der Waals surface area (Å²) < 4.78 is 4.30. The van der Waals surface area contributed by atoms with Gasteiger partial charge >= 0.3 is 11.9 Å². The summed E-state index contributed by atoms with van der Waals surface area (Å²) >= 11 is 0. The Bertz CT molecular complexity index is 549. The van der Waals surface area contributed by atoms with Crippen molar-refractivity contribution >= 4 is 23.5 Å². The average Bonchev–Trinajstić information content (AvgIpc) is 2.37. The molecule has 3 N–H and O–H groups in total. The molecule has 0 spiro atoms. The molecule has 0 fully saturated rings. The zero-order valence-electron chi connectivity index (χ0n) is 9.91. The zero-order valence-corrected chi connectivity index (χ0v) is 9.91. The van der Waals surface area contributed by atoms with Crippen molar-refractivity contribution in [2.75, 3.05) is 12.4 Å². The van der Waals surface area contributed by atoms with Crippen LogP contribution in [-0.4, -0.2) is 35.2 Å². The lowest BCUT2D eigenvalue weighted by Gasteiger charge is -2.05. The second kappa shape index (κ2) is 6.20. The van der Waals surface area contributed by atoms with Crippen molar-refractivity contribution in [2.24, 2.45) is 0 Å². The van der Waals surface area contributed by atoms with E-state index >= 15 is 0 Å². The van der Waals surface area contributed by atoms with E-state index in [-0.39, 0.29) is 11.3 Å². The van der Waals surface area contributed by atoms with E-state index in [1.807, 2.05) is 0 Å². The number of nitrogens with one attached hydrogen (secondary N) is 1. The molecular formula is C12H11NO6. The van der Waals surface area contributed by atoms with E-state index < -0.39 is 23.6 Å². The van der Waals surface area contributed by atoms with Crippen LogP contribution in [0, 0.1) is 0 Å². The molecule has 0 bridgehead atoms. The second-order valence-corrected chi connectivity index (χ2v) is 3.38. The summed E-state index contributed by atoms with van der Waals surface area (Å²) in [6.07, 6.45) is 1.87. The van der Waals surface area contributed by atoms with Gasteiger partial charge in [-0.1, -0.05) is 0 Å². The maximum atomic E-state index is 11.4. The summed E-state index contributed by atoms with van der Waals surface area (Å²) in [5.41, 5.74) is -0.163. The van der Waals surface area contributed by atoms with E-state index in [0.29, 0.717) is 0 Å². The number of aromatic carboxylic acids is 1. The molecule has 7 heteroatoms. The zero-order chi connectivity index (χ0) is 14.4. The van der Waals surface area contributed by atoms with E-state index in [9.17, 15) is 19.5 Å². The predicted octanol–water partition coefficient (Wildman–Crippen LogP) is 0.758. The first-order valence-corrected chi connectivity index (χ1v) is 5.07. The number of hydrogen-bond acceptors (Lipinski definition) is 5. The molecular weight excluding hydrogens is 254 g/mol. The van der Waals surface area contributed by atoms with Gasteiger partial charge in [0.25, 0.3) is 0 Å². The summed E-state index contributed by atoms with van der Waals surface area (Å²) in [5, 5.41) is 20.4. The number of benzene rings is 1. The van der Waals surface area contributed by atoms with Crippen molar-refractivity contribution in [2.45, 2.75) is 0 Å². The van der Waals surface area contributed by atoms with Crippen LogP contribution in [0.25, 0.3) is 0 Å². The third-order valence-electron chi connectivity index (χ3n) is 2.07. The number of phenols is 1. The average molecular weight is 265 g/mol. The number of carboxylic acids is 1. The molecule has 0 unspecified atom stereocenters. The molecule has 100 valence electrons. The monoisotopic (exact) mass is 265 g/mol. The summed E-state index contributed by atoms with van der Waals surface area (Å²) in [6, 6.07) is 3.57. The van der Waals surface area contributed by atoms with Gasteiger partial charge in [0.2, 0.25) is 5.91 Å². The molecule has 0 heterocycles. The molecule has 1 rings (SSSR count). The SMILES string of the molecule is COC(=O)C=CC(=O)Nc1ccc(O)c(C(=O)O)c1. The van der Waals surface area contributed by atoms with Gasteiger partial charge in [-0.05, 0) is 18.2 Å². The number of amides is 1. The minimum Gasteiger partial charge on any atom is -0.507 e. The molecule has 0 atom stereocenters. The van der Waals surface area contributed by atoms with Crippen LogP contribution < -0.4 is 5.32 Å². The fourth-order valence-corrected chi connectivity index (χ4v) is 1.18. The van der Waals surface area contributed by atoms with Crippen LogP contribution in [0.3, 0.4) is 0 Å². The number of anilines is 1. The minimum atomic E-state index is -1.32. The van der Waals surface area contributed by atoms with Gasteiger partial charge in [0.1, 0.15) is 11.3 Å². The molecule has 0 saturated heterocycles. The molecule has 0 aliphatic heterocycles. The second-order valence-electron chi connectivity index (χ2n) is 3.38. The number of esters is 1.